The standard InChI is InChI=1S/C21H19NO3S/c1-22(14-15-5-4-7-18(23)11-15)26(24,25)19-9-10-21-17(13-19)12-16-6-2-3-8-20(16)21/h2-11,13,23H,12,14H2,1H3. The molecule has 1 N–H and O–H groups in total. The average molecular weight is 365 g/mol. The highest BCUT2D eigenvalue weighted by Gasteiger charge is 2.25. The molecule has 5 heteroatoms. The van der Waals surface area contributed by atoms with Gasteiger partial charge in [-0.1, -0.05) is 42.5 Å². The molecule has 26 heavy (non-hydrogen) atoms. The average Bonchev–Trinajstić information content (AvgIpc) is 2.99. The quantitative estimate of drug-likeness (QED) is 0.599. The molecule has 0 amide bonds. The summed E-state index contributed by atoms with van der Waals surface area (Å²) < 4.78 is 27.2. The number of phenols is 1. The van der Waals surface area contributed by atoms with Crippen LogP contribution in [0.15, 0.2) is 71.6 Å². The normalized spacial score (nSPS) is 12.8. The molecule has 0 atom stereocenters. The number of hydrogen-bond donors (Lipinski definition) is 1. The van der Waals surface area contributed by atoms with Crippen molar-refractivity contribution in [3.05, 3.63) is 83.4 Å². The fraction of sp³-hybridized carbons (Fsp3) is 0.143. The van der Waals surface area contributed by atoms with Gasteiger partial charge in [0.1, 0.15) is 5.75 Å². The highest BCUT2D eigenvalue weighted by atomic mass is 32.2. The van der Waals surface area contributed by atoms with Crippen LogP contribution in [-0.4, -0.2) is 24.9 Å². The Kier molecular flexibility index (Phi) is 4.05. The Morgan fingerprint density at radius 3 is 2.50 bits per heavy atom. The molecule has 0 spiro atoms. The molecule has 0 saturated heterocycles. The highest BCUT2D eigenvalue weighted by Crippen LogP contribution is 2.37. The number of rotatable bonds is 4. The smallest absolute Gasteiger partial charge is 0.243 e. The van der Waals surface area contributed by atoms with Crippen LogP contribution in [0.4, 0.5) is 0 Å². The van der Waals surface area contributed by atoms with Crippen LogP contribution in [0.5, 0.6) is 5.75 Å². The number of sulfonamides is 1. The van der Waals surface area contributed by atoms with Crippen molar-refractivity contribution < 1.29 is 13.5 Å². The Morgan fingerprint density at radius 2 is 1.69 bits per heavy atom. The van der Waals surface area contributed by atoms with Gasteiger partial charge in [0, 0.05) is 13.6 Å². The SMILES string of the molecule is CN(Cc1cccc(O)c1)S(=O)(=O)c1ccc2c(c1)Cc1ccccc1-2. The van der Waals surface area contributed by atoms with Gasteiger partial charge < -0.3 is 5.11 Å². The Morgan fingerprint density at radius 1 is 0.923 bits per heavy atom. The molecule has 1 aliphatic rings. The topological polar surface area (TPSA) is 57.6 Å². The fourth-order valence-corrected chi connectivity index (χ4v) is 4.67. The van der Waals surface area contributed by atoms with Gasteiger partial charge in [-0.15, -0.1) is 0 Å². The van der Waals surface area contributed by atoms with E-state index in [-0.39, 0.29) is 12.3 Å². The second-order valence-corrected chi connectivity index (χ2v) is 8.63. The van der Waals surface area contributed by atoms with E-state index < -0.39 is 10.0 Å². The first-order valence-electron chi connectivity index (χ1n) is 8.40. The van der Waals surface area contributed by atoms with E-state index in [0.29, 0.717) is 4.90 Å². The summed E-state index contributed by atoms with van der Waals surface area (Å²) in [6.45, 7) is 0.202. The Hall–Kier alpha value is -2.63. The minimum Gasteiger partial charge on any atom is -0.508 e. The molecule has 0 saturated carbocycles. The minimum atomic E-state index is -3.61. The van der Waals surface area contributed by atoms with Crippen molar-refractivity contribution in [2.75, 3.05) is 7.05 Å². The molecule has 3 aromatic rings. The molecule has 3 aromatic carbocycles. The first-order chi connectivity index (χ1) is 12.4. The van der Waals surface area contributed by atoms with Crippen LogP contribution in [0, 0.1) is 0 Å². The van der Waals surface area contributed by atoms with E-state index in [1.165, 1.54) is 15.4 Å². The molecule has 0 heterocycles. The second-order valence-electron chi connectivity index (χ2n) is 6.58. The van der Waals surface area contributed by atoms with E-state index in [1.807, 2.05) is 18.2 Å². The molecule has 0 unspecified atom stereocenters. The van der Waals surface area contributed by atoms with E-state index in [0.717, 1.165) is 23.1 Å². The minimum absolute atomic E-state index is 0.128. The van der Waals surface area contributed by atoms with Gasteiger partial charge in [0.05, 0.1) is 4.90 Å². The van der Waals surface area contributed by atoms with E-state index in [4.69, 9.17) is 0 Å². The third-order valence-corrected chi connectivity index (χ3v) is 6.59. The van der Waals surface area contributed by atoms with Gasteiger partial charge in [-0.2, -0.15) is 4.31 Å². The Bertz CT molecular complexity index is 1090. The van der Waals surface area contributed by atoms with Crippen LogP contribution in [0.25, 0.3) is 11.1 Å². The molecular formula is C21H19NO3S. The van der Waals surface area contributed by atoms with Gasteiger partial charge in [0.15, 0.2) is 0 Å². The van der Waals surface area contributed by atoms with Crippen molar-refractivity contribution in [3.63, 3.8) is 0 Å². The van der Waals surface area contributed by atoms with Gasteiger partial charge >= 0.3 is 0 Å². The maximum absolute atomic E-state index is 13.0. The zero-order valence-corrected chi connectivity index (χ0v) is 15.2. The van der Waals surface area contributed by atoms with Gasteiger partial charge in [0.25, 0.3) is 0 Å². The monoisotopic (exact) mass is 365 g/mol. The predicted octanol–water partition coefficient (Wildman–Crippen LogP) is 3.78. The molecule has 0 bridgehead atoms. The number of nitrogens with zero attached hydrogens (tertiary/aromatic N) is 1. The van der Waals surface area contributed by atoms with Crippen LogP contribution in [-0.2, 0) is 23.0 Å². The highest BCUT2D eigenvalue weighted by molar-refractivity contribution is 7.89. The van der Waals surface area contributed by atoms with Crippen molar-refractivity contribution >= 4 is 10.0 Å². The fourth-order valence-electron chi connectivity index (χ4n) is 3.46. The summed E-state index contributed by atoms with van der Waals surface area (Å²) >= 11 is 0. The summed E-state index contributed by atoms with van der Waals surface area (Å²) in [7, 11) is -2.05. The zero-order valence-electron chi connectivity index (χ0n) is 14.4. The summed E-state index contributed by atoms with van der Waals surface area (Å²) in [4.78, 5) is 0.298. The van der Waals surface area contributed by atoms with Crippen LogP contribution >= 0.6 is 0 Å². The lowest BCUT2D eigenvalue weighted by molar-refractivity contribution is 0.458. The largest absolute Gasteiger partial charge is 0.508 e. The third kappa shape index (κ3) is 2.89. The van der Waals surface area contributed by atoms with Gasteiger partial charge in [-0.05, 0) is 58.5 Å². The van der Waals surface area contributed by atoms with Crippen molar-refractivity contribution in [2.45, 2.75) is 17.9 Å². The number of phenolic OH excluding ortho intramolecular Hbond substituents is 1. The number of hydrogen-bond acceptors (Lipinski definition) is 3. The van der Waals surface area contributed by atoms with E-state index in [2.05, 4.69) is 12.1 Å². The molecule has 0 fully saturated rings. The molecular weight excluding hydrogens is 346 g/mol. The van der Waals surface area contributed by atoms with Gasteiger partial charge in [-0.3, -0.25) is 0 Å². The number of aromatic hydroxyl groups is 1. The predicted molar refractivity (Wildman–Crippen MR) is 101 cm³/mol. The molecule has 0 aromatic heterocycles. The molecule has 1 aliphatic carbocycles. The molecule has 4 nitrogen and oxygen atoms in total. The second kappa shape index (κ2) is 6.27. The lowest BCUT2D eigenvalue weighted by Crippen LogP contribution is -2.26. The first-order valence-corrected chi connectivity index (χ1v) is 9.84. The lowest BCUT2D eigenvalue weighted by Gasteiger charge is -2.18. The lowest BCUT2D eigenvalue weighted by atomic mass is 10.1. The van der Waals surface area contributed by atoms with E-state index >= 15 is 0 Å². The van der Waals surface area contributed by atoms with Crippen molar-refractivity contribution in [1.82, 2.24) is 4.31 Å². The third-order valence-electron chi connectivity index (χ3n) is 4.79. The number of benzene rings is 3. The Balaban J connectivity index is 1.64. The number of fused-ring (bicyclic) bond motifs is 3. The first kappa shape index (κ1) is 16.8. The van der Waals surface area contributed by atoms with E-state index in [1.54, 1.807) is 43.4 Å². The molecule has 4 rings (SSSR count). The maximum atomic E-state index is 13.0. The molecule has 0 radical (unpaired) electrons. The van der Waals surface area contributed by atoms with Crippen LogP contribution < -0.4 is 0 Å². The van der Waals surface area contributed by atoms with Crippen LogP contribution in [0.1, 0.15) is 16.7 Å². The maximum Gasteiger partial charge on any atom is 0.243 e. The van der Waals surface area contributed by atoms with E-state index in [9.17, 15) is 13.5 Å². The summed E-state index contributed by atoms with van der Waals surface area (Å²) in [5.41, 5.74) is 5.29. The van der Waals surface area contributed by atoms with Gasteiger partial charge in [-0.25, -0.2) is 8.42 Å². The van der Waals surface area contributed by atoms with Crippen molar-refractivity contribution in [3.8, 4) is 16.9 Å². The molecule has 0 aliphatic heterocycles. The summed E-state index contributed by atoms with van der Waals surface area (Å²) in [5.74, 6) is 0.128. The Labute approximate surface area is 153 Å². The van der Waals surface area contributed by atoms with Crippen molar-refractivity contribution in [2.24, 2.45) is 0 Å². The van der Waals surface area contributed by atoms with Crippen LogP contribution in [0.3, 0.4) is 0 Å². The zero-order chi connectivity index (χ0) is 18.3. The summed E-state index contributed by atoms with van der Waals surface area (Å²) in [5, 5.41) is 9.57. The summed E-state index contributed by atoms with van der Waals surface area (Å²) in [6, 6.07) is 20.2. The van der Waals surface area contributed by atoms with Gasteiger partial charge in [0.2, 0.25) is 10.0 Å². The molecule has 132 valence electrons. The van der Waals surface area contributed by atoms with Crippen molar-refractivity contribution in [1.29, 1.82) is 0 Å². The summed E-state index contributed by atoms with van der Waals surface area (Å²) in [6.07, 6.45) is 0.755. The van der Waals surface area contributed by atoms with Crippen LogP contribution in [0.2, 0.25) is 0 Å².